The third-order valence-corrected chi connectivity index (χ3v) is 3.78. The van der Waals surface area contributed by atoms with Crippen molar-refractivity contribution in [3.05, 3.63) is 35.2 Å². The Bertz CT molecular complexity index is 587. The van der Waals surface area contributed by atoms with E-state index in [1.807, 2.05) is 29.6 Å². The summed E-state index contributed by atoms with van der Waals surface area (Å²) < 4.78 is 5.60. The summed E-state index contributed by atoms with van der Waals surface area (Å²) >= 11 is 1.54. The van der Waals surface area contributed by atoms with E-state index in [1.54, 1.807) is 11.3 Å². The second kappa shape index (κ2) is 5.18. The van der Waals surface area contributed by atoms with Crippen molar-refractivity contribution in [1.82, 2.24) is 0 Å². The highest BCUT2D eigenvalue weighted by atomic mass is 32.1. The second-order valence-electron chi connectivity index (χ2n) is 3.88. The fourth-order valence-electron chi connectivity index (χ4n) is 1.82. The maximum atomic E-state index is 11.4. The van der Waals surface area contributed by atoms with Crippen molar-refractivity contribution >= 4 is 33.4 Å². The van der Waals surface area contributed by atoms with Crippen LogP contribution in [0.4, 0.5) is 0 Å². The average Bonchev–Trinajstić information content (AvgIpc) is 2.78. The van der Waals surface area contributed by atoms with Gasteiger partial charge in [-0.25, -0.2) is 0 Å². The van der Waals surface area contributed by atoms with Gasteiger partial charge in [0.25, 0.3) is 0 Å². The summed E-state index contributed by atoms with van der Waals surface area (Å²) in [6.07, 6.45) is 0.159. The number of fused-ring (bicyclic) bond motifs is 1. The molecule has 1 atom stereocenters. The normalized spacial score (nSPS) is 12.3. The molecular formula is C13H12O4S. The third kappa shape index (κ3) is 2.36. The Balaban J connectivity index is 2.32. The maximum absolute atomic E-state index is 11.4. The maximum Gasteiger partial charge on any atom is 0.320 e. The van der Waals surface area contributed by atoms with Crippen molar-refractivity contribution < 1.29 is 19.4 Å². The van der Waals surface area contributed by atoms with Gasteiger partial charge >= 0.3 is 11.9 Å². The summed E-state index contributed by atoms with van der Waals surface area (Å²) in [4.78, 5) is 22.5. The summed E-state index contributed by atoms with van der Waals surface area (Å²) in [6, 6.07) is 7.72. The molecule has 0 amide bonds. The van der Waals surface area contributed by atoms with Crippen LogP contribution in [0.25, 0.3) is 10.1 Å². The van der Waals surface area contributed by atoms with Crippen molar-refractivity contribution in [2.75, 3.05) is 7.11 Å². The Morgan fingerprint density at radius 3 is 2.78 bits per heavy atom. The third-order valence-electron chi connectivity index (χ3n) is 2.77. The summed E-state index contributed by atoms with van der Waals surface area (Å²) in [7, 11) is 1.20. The van der Waals surface area contributed by atoms with E-state index >= 15 is 0 Å². The van der Waals surface area contributed by atoms with Crippen LogP contribution in [0.5, 0.6) is 0 Å². The molecule has 1 unspecified atom stereocenters. The molecule has 0 aliphatic heterocycles. The van der Waals surface area contributed by atoms with Crippen LogP contribution >= 0.6 is 11.3 Å². The number of aliphatic carboxylic acids is 1. The van der Waals surface area contributed by atoms with E-state index in [0.29, 0.717) is 0 Å². The summed E-state index contributed by atoms with van der Waals surface area (Å²) in [5.74, 6) is -3.01. The van der Waals surface area contributed by atoms with Crippen LogP contribution in [-0.4, -0.2) is 24.2 Å². The zero-order chi connectivity index (χ0) is 13.1. The fraction of sp³-hybridized carbons (Fsp3) is 0.231. The minimum absolute atomic E-state index is 0.159. The molecule has 2 aromatic rings. The van der Waals surface area contributed by atoms with Crippen LogP contribution in [0, 0.1) is 5.92 Å². The molecule has 1 N–H and O–H groups in total. The highest BCUT2D eigenvalue weighted by molar-refractivity contribution is 7.17. The summed E-state index contributed by atoms with van der Waals surface area (Å²) in [5, 5.41) is 11.9. The van der Waals surface area contributed by atoms with E-state index in [9.17, 15) is 9.59 Å². The van der Waals surface area contributed by atoms with Gasteiger partial charge in [0, 0.05) is 4.70 Å². The van der Waals surface area contributed by atoms with Gasteiger partial charge in [0.05, 0.1) is 7.11 Å². The quantitative estimate of drug-likeness (QED) is 0.680. The minimum atomic E-state index is -1.16. The van der Waals surface area contributed by atoms with E-state index < -0.39 is 17.9 Å². The van der Waals surface area contributed by atoms with Crippen LogP contribution in [-0.2, 0) is 20.7 Å². The number of rotatable bonds is 4. The molecular weight excluding hydrogens is 252 g/mol. The van der Waals surface area contributed by atoms with Crippen molar-refractivity contribution in [2.45, 2.75) is 6.42 Å². The monoisotopic (exact) mass is 264 g/mol. The lowest BCUT2D eigenvalue weighted by Crippen LogP contribution is -2.26. The molecule has 0 aliphatic rings. The van der Waals surface area contributed by atoms with E-state index in [-0.39, 0.29) is 6.42 Å². The van der Waals surface area contributed by atoms with Crippen LogP contribution < -0.4 is 0 Å². The number of thiophene rings is 1. The first-order valence-corrected chi connectivity index (χ1v) is 6.27. The molecule has 1 aromatic carbocycles. The number of carbonyl (C=O) groups excluding carboxylic acids is 1. The lowest BCUT2D eigenvalue weighted by Gasteiger charge is -2.09. The van der Waals surface area contributed by atoms with Gasteiger partial charge in [-0.05, 0) is 28.8 Å². The number of carboxylic acid groups (broad SMARTS) is 1. The molecule has 0 saturated heterocycles. The standard InChI is InChI=1S/C13H12O4S/c1-17-13(16)10(12(14)15)6-8-7-18-11-5-3-2-4-9(8)11/h2-5,7,10H,6H2,1H3,(H,14,15). The van der Waals surface area contributed by atoms with E-state index in [4.69, 9.17) is 5.11 Å². The second-order valence-corrected chi connectivity index (χ2v) is 4.79. The Kier molecular flexibility index (Phi) is 3.62. The molecule has 0 bridgehead atoms. The number of esters is 1. The first-order chi connectivity index (χ1) is 8.63. The zero-order valence-corrected chi connectivity index (χ0v) is 10.6. The minimum Gasteiger partial charge on any atom is -0.481 e. The number of methoxy groups -OCH3 is 1. The Hall–Kier alpha value is -1.88. The lowest BCUT2D eigenvalue weighted by molar-refractivity contribution is -0.156. The molecule has 1 aromatic heterocycles. The molecule has 0 saturated carbocycles. The topological polar surface area (TPSA) is 63.6 Å². The van der Waals surface area contributed by atoms with Crippen LogP contribution in [0.2, 0.25) is 0 Å². The number of carbonyl (C=O) groups is 2. The molecule has 0 radical (unpaired) electrons. The SMILES string of the molecule is COC(=O)C(Cc1csc2ccccc12)C(=O)O. The average molecular weight is 264 g/mol. The molecule has 0 fully saturated rings. The van der Waals surface area contributed by atoms with Crippen LogP contribution in [0.1, 0.15) is 5.56 Å². The Labute approximate surface area is 108 Å². The van der Waals surface area contributed by atoms with Crippen LogP contribution in [0.3, 0.4) is 0 Å². The lowest BCUT2D eigenvalue weighted by atomic mass is 9.99. The number of benzene rings is 1. The van der Waals surface area contributed by atoms with E-state index in [2.05, 4.69) is 4.74 Å². The van der Waals surface area contributed by atoms with Crippen LogP contribution in [0.15, 0.2) is 29.6 Å². The molecule has 94 valence electrons. The smallest absolute Gasteiger partial charge is 0.320 e. The van der Waals surface area contributed by atoms with Gasteiger partial charge in [-0.2, -0.15) is 0 Å². The first kappa shape index (κ1) is 12.6. The zero-order valence-electron chi connectivity index (χ0n) is 9.75. The number of hydrogen-bond acceptors (Lipinski definition) is 4. The van der Waals surface area contributed by atoms with Gasteiger partial charge < -0.3 is 9.84 Å². The van der Waals surface area contributed by atoms with Gasteiger partial charge in [-0.15, -0.1) is 11.3 Å². The molecule has 0 aliphatic carbocycles. The Morgan fingerprint density at radius 1 is 1.39 bits per heavy atom. The first-order valence-electron chi connectivity index (χ1n) is 5.39. The van der Waals surface area contributed by atoms with Gasteiger partial charge in [0.2, 0.25) is 0 Å². The Morgan fingerprint density at radius 2 is 2.11 bits per heavy atom. The van der Waals surface area contributed by atoms with Gasteiger partial charge in [0.15, 0.2) is 5.92 Å². The molecule has 1 heterocycles. The van der Waals surface area contributed by atoms with Gasteiger partial charge in [-0.3, -0.25) is 9.59 Å². The molecule has 0 spiro atoms. The predicted molar refractivity (Wildman–Crippen MR) is 68.7 cm³/mol. The van der Waals surface area contributed by atoms with E-state index in [0.717, 1.165) is 15.6 Å². The molecule has 5 heteroatoms. The molecule has 2 rings (SSSR count). The highest BCUT2D eigenvalue weighted by Crippen LogP contribution is 2.27. The van der Waals surface area contributed by atoms with Gasteiger partial charge in [-0.1, -0.05) is 18.2 Å². The largest absolute Gasteiger partial charge is 0.481 e. The highest BCUT2D eigenvalue weighted by Gasteiger charge is 2.28. The fourth-order valence-corrected chi connectivity index (χ4v) is 2.80. The number of carboxylic acids is 1. The molecule has 18 heavy (non-hydrogen) atoms. The van der Waals surface area contributed by atoms with E-state index in [1.165, 1.54) is 7.11 Å². The number of hydrogen-bond donors (Lipinski definition) is 1. The molecule has 4 nitrogen and oxygen atoms in total. The van der Waals surface area contributed by atoms with Crippen molar-refractivity contribution in [2.24, 2.45) is 5.92 Å². The predicted octanol–water partition coefficient (Wildman–Crippen LogP) is 2.32. The summed E-state index contributed by atoms with van der Waals surface area (Å²) in [5.41, 5.74) is 0.869. The van der Waals surface area contributed by atoms with Crippen molar-refractivity contribution in [1.29, 1.82) is 0 Å². The van der Waals surface area contributed by atoms with Crippen molar-refractivity contribution in [3.8, 4) is 0 Å². The van der Waals surface area contributed by atoms with Gasteiger partial charge in [0.1, 0.15) is 0 Å². The number of ether oxygens (including phenoxy) is 1. The summed E-state index contributed by atoms with van der Waals surface area (Å²) in [6.45, 7) is 0. The van der Waals surface area contributed by atoms with Crippen molar-refractivity contribution in [3.63, 3.8) is 0 Å².